The standard InChI is InChI=1S/C68H120O6/c1-4-7-10-13-16-19-22-25-27-29-31-33-34-36-37-39-41-43-46-49-52-55-58-61-67(70)73-64-65(63-72-66(69)60-57-54-51-48-45-24-21-18-15-12-9-6-3)74-68(71)62-59-56-53-50-47-44-42-40-38-35-32-30-28-26-23-20-17-14-11-8-5-2/h18,21-23,25-26,29-32,38,40,65H,4-17,19-20,24,27-28,33-37,39,41-64H2,1-3H3/b21-18-,25-22-,26-23-,31-29-,32-30-,40-38-. The number of carbonyl (C=O) groups is 3. The smallest absolute Gasteiger partial charge is 0.306 e. The van der Waals surface area contributed by atoms with Crippen LogP contribution in [0.5, 0.6) is 0 Å². The maximum absolute atomic E-state index is 12.9. The number of ether oxygens (including phenoxy) is 3. The Balaban J connectivity index is 4.33. The number of rotatable bonds is 58. The molecule has 0 bridgehead atoms. The topological polar surface area (TPSA) is 78.9 Å². The molecule has 0 aromatic heterocycles. The molecule has 0 aliphatic carbocycles. The summed E-state index contributed by atoms with van der Waals surface area (Å²) in [6.07, 6.45) is 80.5. The predicted molar refractivity (Wildman–Crippen MR) is 321 cm³/mol. The molecule has 0 aliphatic heterocycles. The molecule has 0 amide bonds. The van der Waals surface area contributed by atoms with Crippen LogP contribution in [0.25, 0.3) is 0 Å². The molecule has 0 saturated carbocycles. The fraction of sp³-hybridized carbons (Fsp3) is 0.779. The van der Waals surface area contributed by atoms with Gasteiger partial charge in [0.25, 0.3) is 0 Å². The number of hydrogen-bond acceptors (Lipinski definition) is 6. The van der Waals surface area contributed by atoms with Gasteiger partial charge in [-0.3, -0.25) is 14.4 Å². The lowest BCUT2D eigenvalue weighted by Crippen LogP contribution is -2.30. The Morgan fingerprint density at radius 1 is 0.270 bits per heavy atom. The van der Waals surface area contributed by atoms with Crippen LogP contribution in [0, 0.1) is 0 Å². The van der Waals surface area contributed by atoms with Crippen LogP contribution in [-0.4, -0.2) is 37.2 Å². The van der Waals surface area contributed by atoms with Crippen molar-refractivity contribution in [2.45, 2.75) is 329 Å². The predicted octanol–water partition coefficient (Wildman–Crippen LogP) is 21.7. The highest BCUT2D eigenvalue weighted by atomic mass is 16.6. The summed E-state index contributed by atoms with van der Waals surface area (Å²) in [5.41, 5.74) is 0. The molecule has 0 spiro atoms. The van der Waals surface area contributed by atoms with Crippen molar-refractivity contribution in [3.8, 4) is 0 Å². The van der Waals surface area contributed by atoms with Crippen molar-refractivity contribution in [2.24, 2.45) is 0 Å². The molecule has 428 valence electrons. The first kappa shape index (κ1) is 70.8. The summed E-state index contributed by atoms with van der Waals surface area (Å²) in [5.74, 6) is -0.895. The Bertz CT molecular complexity index is 1370. The van der Waals surface area contributed by atoms with Crippen molar-refractivity contribution in [2.75, 3.05) is 13.2 Å². The van der Waals surface area contributed by atoms with Crippen molar-refractivity contribution in [1.29, 1.82) is 0 Å². The summed E-state index contributed by atoms with van der Waals surface area (Å²) >= 11 is 0. The van der Waals surface area contributed by atoms with E-state index < -0.39 is 6.10 Å². The van der Waals surface area contributed by atoms with Crippen molar-refractivity contribution in [3.63, 3.8) is 0 Å². The minimum absolute atomic E-state index is 0.0834. The average molecular weight is 1030 g/mol. The highest BCUT2D eigenvalue weighted by Gasteiger charge is 2.19. The van der Waals surface area contributed by atoms with Crippen LogP contribution in [0.15, 0.2) is 72.9 Å². The number of esters is 3. The maximum atomic E-state index is 12.9. The zero-order valence-electron chi connectivity index (χ0n) is 49.1. The number of hydrogen-bond donors (Lipinski definition) is 0. The zero-order valence-corrected chi connectivity index (χ0v) is 49.1. The lowest BCUT2D eigenvalue weighted by molar-refractivity contribution is -0.167. The molecule has 0 N–H and O–H groups in total. The Labute approximate surface area is 459 Å². The second kappa shape index (κ2) is 62.4. The third kappa shape index (κ3) is 59.7. The Hall–Kier alpha value is -3.15. The van der Waals surface area contributed by atoms with E-state index in [-0.39, 0.29) is 31.1 Å². The first-order chi connectivity index (χ1) is 36.5. The Morgan fingerprint density at radius 2 is 0.486 bits per heavy atom. The molecule has 1 atom stereocenters. The van der Waals surface area contributed by atoms with Gasteiger partial charge in [-0.2, -0.15) is 0 Å². The third-order valence-electron chi connectivity index (χ3n) is 13.9. The summed E-state index contributed by atoms with van der Waals surface area (Å²) in [7, 11) is 0. The van der Waals surface area contributed by atoms with Crippen LogP contribution in [0.3, 0.4) is 0 Å². The summed E-state index contributed by atoms with van der Waals surface area (Å²) in [6.45, 7) is 6.61. The van der Waals surface area contributed by atoms with Gasteiger partial charge in [-0.05, 0) is 116 Å². The zero-order chi connectivity index (χ0) is 53.6. The van der Waals surface area contributed by atoms with E-state index in [1.165, 1.54) is 186 Å². The highest BCUT2D eigenvalue weighted by Crippen LogP contribution is 2.16. The van der Waals surface area contributed by atoms with Gasteiger partial charge in [-0.1, -0.05) is 261 Å². The van der Waals surface area contributed by atoms with Crippen LogP contribution in [0.1, 0.15) is 323 Å². The minimum Gasteiger partial charge on any atom is -0.462 e. The molecule has 0 saturated heterocycles. The van der Waals surface area contributed by atoms with Gasteiger partial charge in [0.15, 0.2) is 6.10 Å². The quantitative estimate of drug-likeness (QED) is 0.0261. The molecular formula is C68H120O6. The van der Waals surface area contributed by atoms with Gasteiger partial charge in [0.05, 0.1) is 0 Å². The number of carbonyl (C=O) groups excluding carboxylic acids is 3. The van der Waals surface area contributed by atoms with E-state index in [4.69, 9.17) is 14.2 Å². The van der Waals surface area contributed by atoms with E-state index in [1.807, 2.05) is 0 Å². The first-order valence-corrected chi connectivity index (χ1v) is 31.9. The van der Waals surface area contributed by atoms with Gasteiger partial charge in [-0.25, -0.2) is 0 Å². The number of unbranched alkanes of at least 4 members (excludes halogenated alkanes) is 35. The average Bonchev–Trinajstić information content (AvgIpc) is 3.40. The first-order valence-electron chi connectivity index (χ1n) is 31.9. The van der Waals surface area contributed by atoms with Crippen LogP contribution >= 0.6 is 0 Å². The van der Waals surface area contributed by atoms with Gasteiger partial charge >= 0.3 is 17.9 Å². The van der Waals surface area contributed by atoms with Crippen LogP contribution in [0.4, 0.5) is 0 Å². The van der Waals surface area contributed by atoms with Crippen molar-refractivity contribution in [3.05, 3.63) is 72.9 Å². The molecule has 74 heavy (non-hydrogen) atoms. The van der Waals surface area contributed by atoms with E-state index in [0.29, 0.717) is 19.3 Å². The van der Waals surface area contributed by atoms with Crippen molar-refractivity contribution in [1.82, 2.24) is 0 Å². The molecule has 0 radical (unpaired) electrons. The van der Waals surface area contributed by atoms with Crippen molar-refractivity contribution >= 4 is 17.9 Å². The van der Waals surface area contributed by atoms with Gasteiger partial charge in [0.1, 0.15) is 13.2 Å². The van der Waals surface area contributed by atoms with E-state index in [2.05, 4.69) is 93.7 Å². The van der Waals surface area contributed by atoms with Crippen LogP contribution < -0.4 is 0 Å². The SMILES string of the molecule is CCCCC/C=C\CCCCCCCC(=O)OCC(COC(=O)CCCCCCCCCCCCC/C=C\C/C=C\CCCCCCC)OC(=O)CCCCCCCC/C=C\C/C=C\C/C=C\CCCCCCC. The van der Waals surface area contributed by atoms with E-state index in [1.54, 1.807) is 0 Å². The summed E-state index contributed by atoms with van der Waals surface area (Å²) in [4.78, 5) is 38.3. The lowest BCUT2D eigenvalue weighted by atomic mass is 10.0. The molecule has 1 unspecified atom stereocenters. The highest BCUT2D eigenvalue weighted by molar-refractivity contribution is 5.71. The minimum atomic E-state index is -0.787. The van der Waals surface area contributed by atoms with Crippen LogP contribution in [0.2, 0.25) is 0 Å². The largest absolute Gasteiger partial charge is 0.462 e. The fourth-order valence-electron chi connectivity index (χ4n) is 9.06. The molecular weight excluding hydrogens is 913 g/mol. The van der Waals surface area contributed by atoms with Gasteiger partial charge in [0.2, 0.25) is 0 Å². The second-order valence-electron chi connectivity index (χ2n) is 21.3. The van der Waals surface area contributed by atoms with E-state index >= 15 is 0 Å². The van der Waals surface area contributed by atoms with E-state index in [0.717, 1.165) is 96.3 Å². The third-order valence-corrected chi connectivity index (χ3v) is 13.9. The molecule has 0 aromatic rings. The van der Waals surface area contributed by atoms with E-state index in [9.17, 15) is 14.4 Å². The molecule has 0 fully saturated rings. The molecule has 6 heteroatoms. The maximum Gasteiger partial charge on any atom is 0.306 e. The molecule has 0 aromatic carbocycles. The Morgan fingerprint density at radius 3 is 0.797 bits per heavy atom. The summed E-state index contributed by atoms with van der Waals surface area (Å²) in [5, 5.41) is 0. The number of allylic oxidation sites excluding steroid dienone is 12. The van der Waals surface area contributed by atoms with Crippen LogP contribution in [-0.2, 0) is 28.6 Å². The molecule has 0 heterocycles. The second-order valence-corrected chi connectivity index (χ2v) is 21.3. The monoisotopic (exact) mass is 1030 g/mol. The fourth-order valence-corrected chi connectivity index (χ4v) is 9.06. The Kier molecular flexibility index (Phi) is 59.7. The normalized spacial score (nSPS) is 12.5. The van der Waals surface area contributed by atoms with Gasteiger partial charge in [0, 0.05) is 19.3 Å². The lowest BCUT2D eigenvalue weighted by Gasteiger charge is -2.18. The molecule has 0 aliphatic rings. The summed E-state index contributed by atoms with van der Waals surface area (Å²) < 4.78 is 16.9. The summed E-state index contributed by atoms with van der Waals surface area (Å²) in [6, 6.07) is 0. The van der Waals surface area contributed by atoms with Gasteiger partial charge < -0.3 is 14.2 Å². The van der Waals surface area contributed by atoms with Gasteiger partial charge in [-0.15, -0.1) is 0 Å². The molecule has 6 nitrogen and oxygen atoms in total. The molecule has 0 rings (SSSR count). The van der Waals surface area contributed by atoms with Crippen molar-refractivity contribution < 1.29 is 28.6 Å².